The van der Waals surface area contributed by atoms with Gasteiger partial charge in [-0.05, 0) is 37.3 Å². The van der Waals surface area contributed by atoms with E-state index in [9.17, 15) is 22.8 Å². The van der Waals surface area contributed by atoms with Crippen LogP contribution in [0.5, 0.6) is 0 Å². The van der Waals surface area contributed by atoms with Crippen molar-refractivity contribution in [1.82, 2.24) is 20.1 Å². The summed E-state index contributed by atoms with van der Waals surface area (Å²) in [6.07, 6.45) is -5.45. The fraction of sp³-hybridized carbons (Fsp3) is 0.200. The number of alkyl carbamates (subject to hydrolysis) is 1. The molecule has 1 aromatic heterocycles. The van der Waals surface area contributed by atoms with Crippen LogP contribution in [0.25, 0.3) is 17.1 Å². The minimum Gasteiger partial charge on any atom is -0.450 e. The second-order valence-electron chi connectivity index (χ2n) is 6.23. The maximum Gasteiger partial charge on any atom is 0.416 e. The Morgan fingerprint density at radius 1 is 1.16 bits per heavy atom. The third-order valence-corrected chi connectivity index (χ3v) is 5.29. The summed E-state index contributed by atoms with van der Waals surface area (Å²) in [6, 6.07) is 11.3. The number of benzene rings is 2. The molecule has 0 spiro atoms. The first-order chi connectivity index (χ1) is 15.2. The normalized spacial score (nSPS) is 11.3. The van der Waals surface area contributed by atoms with Crippen molar-refractivity contribution in [3.05, 3.63) is 59.1 Å². The molecule has 3 aromatic rings. The van der Waals surface area contributed by atoms with E-state index in [0.29, 0.717) is 10.6 Å². The van der Waals surface area contributed by atoms with Gasteiger partial charge in [0.2, 0.25) is 5.91 Å². The van der Waals surface area contributed by atoms with Gasteiger partial charge in [0.05, 0.1) is 28.6 Å². The third kappa shape index (κ3) is 5.60. The molecule has 32 heavy (non-hydrogen) atoms. The third-order valence-electron chi connectivity index (χ3n) is 4.03. The Kier molecular flexibility index (Phi) is 7.41. The quantitative estimate of drug-likeness (QED) is 0.497. The summed E-state index contributed by atoms with van der Waals surface area (Å²) in [5.41, 5.74) is -0.278. The number of hydrogen-bond donors (Lipinski definition) is 1. The monoisotopic (exact) mass is 484 g/mol. The van der Waals surface area contributed by atoms with Crippen molar-refractivity contribution in [2.45, 2.75) is 18.3 Å². The van der Waals surface area contributed by atoms with Gasteiger partial charge >= 0.3 is 12.3 Å². The molecule has 2 aromatic carbocycles. The number of carbonyl (C=O) groups is 2. The van der Waals surface area contributed by atoms with Crippen molar-refractivity contribution in [3.63, 3.8) is 0 Å². The number of thioether (sulfide) groups is 1. The van der Waals surface area contributed by atoms with Crippen LogP contribution in [0.1, 0.15) is 12.5 Å². The second kappa shape index (κ2) is 10.0. The number of carbonyl (C=O) groups excluding carboxylic acids is 2. The lowest BCUT2D eigenvalue weighted by molar-refractivity contribution is -0.137. The lowest BCUT2D eigenvalue weighted by Gasteiger charge is -2.13. The Morgan fingerprint density at radius 2 is 1.91 bits per heavy atom. The molecule has 0 saturated carbocycles. The van der Waals surface area contributed by atoms with Crippen LogP contribution in [0.4, 0.5) is 18.0 Å². The van der Waals surface area contributed by atoms with Gasteiger partial charge < -0.3 is 4.74 Å². The van der Waals surface area contributed by atoms with Crippen LogP contribution in [0.2, 0.25) is 5.02 Å². The van der Waals surface area contributed by atoms with Gasteiger partial charge in [-0.25, -0.2) is 4.79 Å². The second-order valence-corrected chi connectivity index (χ2v) is 7.58. The maximum atomic E-state index is 13.3. The number of aromatic nitrogens is 3. The maximum absolute atomic E-state index is 13.3. The fourth-order valence-corrected chi connectivity index (χ4v) is 3.65. The molecule has 7 nitrogen and oxygen atoms in total. The number of alkyl halides is 3. The molecule has 168 valence electrons. The first kappa shape index (κ1) is 23.6. The fourth-order valence-electron chi connectivity index (χ4n) is 2.68. The Bertz CT molecular complexity index is 1140. The van der Waals surface area contributed by atoms with Crippen LogP contribution < -0.4 is 5.32 Å². The molecule has 0 fully saturated rings. The molecule has 0 saturated heterocycles. The molecule has 1 N–H and O–H groups in total. The van der Waals surface area contributed by atoms with Gasteiger partial charge in [-0.3, -0.25) is 14.7 Å². The highest BCUT2D eigenvalue weighted by molar-refractivity contribution is 7.99. The largest absolute Gasteiger partial charge is 0.450 e. The van der Waals surface area contributed by atoms with Crippen molar-refractivity contribution in [3.8, 4) is 17.1 Å². The smallest absolute Gasteiger partial charge is 0.416 e. The molecule has 0 aliphatic carbocycles. The summed E-state index contributed by atoms with van der Waals surface area (Å²) in [7, 11) is 0. The zero-order chi connectivity index (χ0) is 23.3. The zero-order valence-corrected chi connectivity index (χ0v) is 18.1. The van der Waals surface area contributed by atoms with E-state index in [4.69, 9.17) is 11.6 Å². The van der Waals surface area contributed by atoms with Gasteiger partial charge in [0.25, 0.3) is 0 Å². The van der Waals surface area contributed by atoms with Gasteiger partial charge in [-0.2, -0.15) is 13.2 Å². The van der Waals surface area contributed by atoms with Crippen LogP contribution in [-0.4, -0.2) is 39.1 Å². The van der Waals surface area contributed by atoms with E-state index in [1.54, 1.807) is 31.2 Å². The first-order valence-electron chi connectivity index (χ1n) is 9.18. The number of nitrogens with one attached hydrogen (secondary N) is 1. The minimum atomic E-state index is -4.55. The van der Waals surface area contributed by atoms with Crippen LogP contribution in [0.3, 0.4) is 0 Å². The van der Waals surface area contributed by atoms with Gasteiger partial charge in [-0.15, -0.1) is 10.2 Å². The van der Waals surface area contributed by atoms with E-state index >= 15 is 0 Å². The van der Waals surface area contributed by atoms with Crippen molar-refractivity contribution in [2.24, 2.45) is 0 Å². The predicted octanol–water partition coefficient (Wildman–Crippen LogP) is 4.97. The number of imide groups is 1. The minimum absolute atomic E-state index is 0.0946. The highest BCUT2D eigenvalue weighted by Crippen LogP contribution is 2.34. The van der Waals surface area contributed by atoms with Gasteiger partial charge in [0.1, 0.15) is 0 Å². The molecule has 0 bridgehead atoms. The van der Waals surface area contributed by atoms with Gasteiger partial charge in [0, 0.05) is 5.56 Å². The molecular formula is C20H16ClF3N4O3S. The van der Waals surface area contributed by atoms with Gasteiger partial charge in [0.15, 0.2) is 11.0 Å². The van der Waals surface area contributed by atoms with E-state index < -0.39 is 23.7 Å². The SMILES string of the molecule is CCOC(=O)NC(=O)CSc1nnc(-c2ccccc2Cl)n1-c1cccc(C(F)(F)F)c1. The Hall–Kier alpha value is -3.05. The summed E-state index contributed by atoms with van der Waals surface area (Å²) in [4.78, 5) is 23.4. The molecule has 3 rings (SSSR count). The number of amides is 2. The Labute approximate surface area is 189 Å². The van der Waals surface area contributed by atoms with E-state index in [0.717, 1.165) is 23.9 Å². The van der Waals surface area contributed by atoms with Crippen molar-refractivity contribution in [1.29, 1.82) is 0 Å². The lowest BCUT2D eigenvalue weighted by Crippen LogP contribution is -2.32. The van der Waals surface area contributed by atoms with Crippen molar-refractivity contribution < 1.29 is 27.5 Å². The molecule has 1 heterocycles. The Balaban J connectivity index is 2.00. The summed E-state index contributed by atoms with van der Waals surface area (Å²) >= 11 is 7.15. The van der Waals surface area contributed by atoms with Crippen molar-refractivity contribution >= 4 is 35.4 Å². The number of rotatable bonds is 6. The van der Waals surface area contributed by atoms with E-state index in [1.165, 1.54) is 16.7 Å². The summed E-state index contributed by atoms with van der Waals surface area (Å²) < 4.78 is 45.8. The zero-order valence-electron chi connectivity index (χ0n) is 16.5. The van der Waals surface area contributed by atoms with Gasteiger partial charge in [-0.1, -0.05) is 41.6 Å². The summed E-state index contributed by atoms with van der Waals surface area (Å²) in [5, 5.41) is 10.6. The molecule has 0 unspecified atom stereocenters. The molecule has 12 heteroatoms. The highest BCUT2D eigenvalue weighted by atomic mass is 35.5. The number of nitrogens with zero attached hydrogens (tertiary/aromatic N) is 3. The summed E-state index contributed by atoms with van der Waals surface area (Å²) in [6.45, 7) is 1.68. The topological polar surface area (TPSA) is 86.1 Å². The van der Waals surface area contributed by atoms with Crippen LogP contribution in [-0.2, 0) is 15.7 Å². The molecule has 0 aliphatic rings. The average Bonchev–Trinajstić information content (AvgIpc) is 3.16. The molecule has 2 amide bonds. The summed E-state index contributed by atoms with van der Waals surface area (Å²) in [5.74, 6) is -0.715. The standard InChI is InChI=1S/C20H16ClF3N4O3S/c1-2-31-19(30)25-16(29)11-32-18-27-26-17(14-8-3-4-9-15(14)21)28(18)13-7-5-6-12(10-13)20(22,23)24/h3-10H,2,11H2,1H3,(H,25,29,30). The van der Waals surface area contributed by atoms with E-state index in [-0.39, 0.29) is 29.0 Å². The predicted molar refractivity (Wildman–Crippen MR) is 113 cm³/mol. The number of ether oxygens (including phenoxy) is 1. The molecular weight excluding hydrogens is 469 g/mol. The van der Waals surface area contributed by atoms with Crippen LogP contribution in [0, 0.1) is 0 Å². The number of halogens is 4. The Morgan fingerprint density at radius 3 is 2.59 bits per heavy atom. The molecule has 0 aliphatic heterocycles. The van der Waals surface area contributed by atoms with Crippen LogP contribution >= 0.6 is 23.4 Å². The van der Waals surface area contributed by atoms with Crippen LogP contribution in [0.15, 0.2) is 53.7 Å². The van der Waals surface area contributed by atoms with E-state index in [1.807, 2.05) is 5.32 Å². The van der Waals surface area contributed by atoms with E-state index in [2.05, 4.69) is 14.9 Å². The van der Waals surface area contributed by atoms with Crippen molar-refractivity contribution in [2.75, 3.05) is 12.4 Å². The first-order valence-corrected chi connectivity index (χ1v) is 10.5. The highest BCUT2D eigenvalue weighted by Gasteiger charge is 2.31. The molecule has 0 radical (unpaired) electrons. The molecule has 0 atom stereocenters. The average molecular weight is 485 g/mol. The lowest BCUT2D eigenvalue weighted by atomic mass is 10.1. The number of hydrogen-bond acceptors (Lipinski definition) is 6.